The molecule has 0 fully saturated rings. The summed E-state index contributed by atoms with van der Waals surface area (Å²) in [7, 11) is 0. The molecular formula is C27H21FN4S. The third-order valence-corrected chi connectivity index (χ3v) is 6.88. The van der Waals surface area contributed by atoms with Gasteiger partial charge in [-0.25, -0.2) is 9.37 Å². The van der Waals surface area contributed by atoms with Gasteiger partial charge in [0.2, 0.25) is 0 Å². The molecule has 0 saturated carbocycles. The number of rotatable bonds is 4. The lowest BCUT2D eigenvalue weighted by molar-refractivity contribution is 0.630. The Morgan fingerprint density at radius 3 is 2.73 bits per heavy atom. The molecule has 0 unspecified atom stereocenters. The first-order valence-electron chi connectivity index (χ1n) is 10.9. The topological polar surface area (TPSA) is 49.8 Å². The lowest BCUT2D eigenvalue weighted by Crippen LogP contribution is -2.20. The van der Waals surface area contributed by atoms with Gasteiger partial charge >= 0.3 is 0 Å². The molecule has 4 nitrogen and oxygen atoms in total. The minimum absolute atomic E-state index is 0.210. The van der Waals surface area contributed by atoms with E-state index in [4.69, 9.17) is 0 Å². The fourth-order valence-electron chi connectivity index (χ4n) is 4.35. The number of halogens is 1. The number of hydrogen-bond donors (Lipinski definition) is 2. The molecular weight excluding hydrogens is 431 g/mol. The Kier molecular flexibility index (Phi) is 5.09. The summed E-state index contributed by atoms with van der Waals surface area (Å²) >= 11 is 1.62. The molecule has 0 saturated heterocycles. The van der Waals surface area contributed by atoms with Gasteiger partial charge in [-0.1, -0.05) is 24.3 Å². The van der Waals surface area contributed by atoms with E-state index in [2.05, 4.69) is 32.7 Å². The number of nitrogens with zero attached hydrogens (tertiary/aromatic N) is 2. The summed E-state index contributed by atoms with van der Waals surface area (Å²) in [5, 5.41) is 7.73. The van der Waals surface area contributed by atoms with Crippen molar-refractivity contribution in [1.82, 2.24) is 15.3 Å². The number of hydrogen-bond acceptors (Lipinski definition) is 5. The molecule has 2 N–H and O–H groups in total. The molecule has 3 aromatic carbocycles. The normalized spacial score (nSPS) is 13.9. The van der Waals surface area contributed by atoms with Gasteiger partial charge in [-0.05, 0) is 72.1 Å². The van der Waals surface area contributed by atoms with E-state index in [0.29, 0.717) is 5.56 Å². The van der Waals surface area contributed by atoms with Crippen molar-refractivity contribution < 1.29 is 4.39 Å². The van der Waals surface area contributed by atoms with Gasteiger partial charge in [0.25, 0.3) is 0 Å². The van der Waals surface area contributed by atoms with Crippen LogP contribution < -0.4 is 10.6 Å². The van der Waals surface area contributed by atoms with Crippen LogP contribution in [0.15, 0.2) is 78.4 Å². The largest absolute Gasteiger partial charge is 0.355 e. The van der Waals surface area contributed by atoms with Crippen LogP contribution in [0.4, 0.5) is 15.8 Å². The van der Waals surface area contributed by atoms with Crippen LogP contribution in [0, 0.1) is 5.82 Å². The third kappa shape index (κ3) is 3.88. The highest BCUT2D eigenvalue weighted by Crippen LogP contribution is 2.33. The number of aromatic nitrogens is 2. The van der Waals surface area contributed by atoms with Crippen LogP contribution in [-0.4, -0.2) is 23.1 Å². The molecule has 6 heteroatoms. The van der Waals surface area contributed by atoms with Crippen LogP contribution in [0.3, 0.4) is 0 Å². The van der Waals surface area contributed by atoms with Crippen molar-refractivity contribution in [1.29, 1.82) is 0 Å². The van der Waals surface area contributed by atoms with Crippen LogP contribution in [0.1, 0.15) is 12.0 Å². The molecule has 0 radical (unpaired) electrons. The quantitative estimate of drug-likeness (QED) is 0.316. The zero-order valence-electron chi connectivity index (χ0n) is 17.8. The van der Waals surface area contributed by atoms with E-state index in [-0.39, 0.29) is 5.82 Å². The fraction of sp³-hybridized carbons (Fsp3) is 0.111. The molecule has 162 valence electrons. The smallest absolute Gasteiger partial charge is 0.131 e. The predicted molar refractivity (Wildman–Crippen MR) is 136 cm³/mol. The Balaban J connectivity index is 1.37. The highest BCUT2D eigenvalue weighted by atomic mass is 32.1. The highest BCUT2D eigenvalue weighted by Gasteiger charge is 2.12. The van der Waals surface area contributed by atoms with Gasteiger partial charge in [-0.3, -0.25) is 4.98 Å². The van der Waals surface area contributed by atoms with Crippen molar-refractivity contribution in [2.24, 2.45) is 0 Å². The second-order valence-electron chi connectivity index (χ2n) is 8.13. The van der Waals surface area contributed by atoms with Gasteiger partial charge in [0.1, 0.15) is 5.82 Å². The summed E-state index contributed by atoms with van der Waals surface area (Å²) in [5.41, 5.74) is 9.14. The number of benzene rings is 3. The minimum atomic E-state index is -0.210. The zero-order chi connectivity index (χ0) is 22.2. The monoisotopic (exact) mass is 452 g/mol. The van der Waals surface area contributed by atoms with Crippen molar-refractivity contribution in [3.05, 3.63) is 89.8 Å². The highest BCUT2D eigenvalue weighted by molar-refractivity contribution is 7.16. The van der Waals surface area contributed by atoms with E-state index >= 15 is 4.39 Å². The van der Waals surface area contributed by atoms with E-state index in [9.17, 15) is 0 Å². The predicted octanol–water partition coefficient (Wildman–Crippen LogP) is 6.77. The molecule has 6 rings (SSSR count). The van der Waals surface area contributed by atoms with Crippen molar-refractivity contribution in [3.8, 4) is 11.1 Å². The van der Waals surface area contributed by atoms with Gasteiger partial charge in [0, 0.05) is 35.1 Å². The first-order valence-corrected chi connectivity index (χ1v) is 11.8. The molecule has 5 aromatic rings. The maximum Gasteiger partial charge on any atom is 0.131 e. The van der Waals surface area contributed by atoms with Crippen molar-refractivity contribution in [3.63, 3.8) is 0 Å². The Labute approximate surface area is 194 Å². The maximum atomic E-state index is 15.2. The van der Waals surface area contributed by atoms with E-state index in [0.717, 1.165) is 63.1 Å². The molecule has 0 spiro atoms. The average Bonchev–Trinajstić information content (AvgIpc) is 3.33. The molecule has 3 heterocycles. The molecule has 0 bridgehead atoms. The molecule has 0 aliphatic carbocycles. The Morgan fingerprint density at radius 1 is 0.909 bits per heavy atom. The third-order valence-electron chi connectivity index (χ3n) is 6.07. The van der Waals surface area contributed by atoms with Crippen molar-refractivity contribution >= 4 is 49.4 Å². The van der Waals surface area contributed by atoms with Gasteiger partial charge < -0.3 is 10.6 Å². The summed E-state index contributed by atoms with van der Waals surface area (Å²) in [6.45, 7) is 1.76. The SMILES string of the molecule is Fc1cc(C2=CCNCC2)ccc1-c1ccc2nccc(Nc3ccc4scnc4c3)c2c1. The summed E-state index contributed by atoms with van der Waals surface area (Å²) in [5.74, 6) is -0.210. The van der Waals surface area contributed by atoms with Crippen LogP contribution in [0.25, 0.3) is 37.8 Å². The van der Waals surface area contributed by atoms with E-state index in [1.165, 1.54) is 5.57 Å². The number of nitrogens with one attached hydrogen (secondary N) is 2. The van der Waals surface area contributed by atoms with Crippen molar-refractivity contribution in [2.45, 2.75) is 6.42 Å². The van der Waals surface area contributed by atoms with Crippen LogP contribution in [0.5, 0.6) is 0 Å². The second kappa shape index (κ2) is 8.39. The molecule has 33 heavy (non-hydrogen) atoms. The molecule has 1 aliphatic rings. The summed E-state index contributed by atoms with van der Waals surface area (Å²) in [4.78, 5) is 8.90. The number of fused-ring (bicyclic) bond motifs is 2. The van der Waals surface area contributed by atoms with Crippen LogP contribution in [0.2, 0.25) is 0 Å². The second-order valence-corrected chi connectivity index (χ2v) is 9.01. The van der Waals surface area contributed by atoms with Gasteiger partial charge in [-0.15, -0.1) is 11.3 Å². The van der Waals surface area contributed by atoms with E-state index in [1.54, 1.807) is 23.6 Å². The minimum Gasteiger partial charge on any atom is -0.355 e. The first kappa shape index (κ1) is 20.0. The molecule has 0 amide bonds. The maximum absolute atomic E-state index is 15.2. The van der Waals surface area contributed by atoms with E-state index < -0.39 is 0 Å². The lowest BCUT2D eigenvalue weighted by atomic mass is 9.96. The van der Waals surface area contributed by atoms with Crippen LogP contribution >= 0.6 is 11.3 Å². The van der Waals surface area contributed by atoms with Crippen molar-refractivity contribution in [2.75, 3.05) is 18.4 Å². The summed E-state index contributed by atoms with van der Waals surface area (Å²) in [6, 6.07) is 19.5. The molecule has 1 aliphatic heterocycles. The summed E-state index contributed by atoms with van der Waals surface area (Å²) < 4.78 is 16.3. The van der Waals surface area contributed by atoms with Crippen LogP contribution in [-0.2, 0) is 0 Å². The van der Waals surface area contributed by atoms with E-state index in [1.807, 2.05) is 54.0 Å². The number of thiazole rings is 1. The Bertz CT molecular complexity index is 1520. The standard InChI is InChI=1S/C27H21FN4S/c28-23-14-18(17-7-10-29-11-8-17)1-4-21(23)19-2-5-24-22(13-19)25(9-12-30-24)32-20-3-6-27-26(15-20)31-16-33-27/h1-7,9,12-16,29H,8,10-11H2,(H,30,32). The Morgan fingerprint density at radius 2 is 1.85 bits per heavy atom. The molecule has 2 aromatic heterocycles. The molecule has 0 atom stereocenters. The number of pyridine rings is 1. The van der Waals surface area contributed by atoms with Gasteiger partial charge in [0.05, 0.1) is 21.2 Å². The Hall–Kier alpha value is -3.61. The zero-order valence-corrected chi connectivity index (χ0v) is 18.6. The lowest BCUT2D eigenvalue weighted by Gasteiger charge is -2.15. The van der Waals surface area contributed by atoms with Gasteiger partial charge in [-0.2, -0.15) is 0 Å². The first-order chi connectivity index (χ1) is 16.2. The fourth-order valence-corrected chi connectivity index (χ4v) is 5.01. The average molecular weight is 453 g/mol. The van der Waals surface area contributed by atoms with Gasteiger partial charge in [0.15, 0.2) is 0 Å². The summed E-state index contributed by atoms with van der Waals surface area (Å²) in [6.07, 6.45) is 4.84. The number of anilines is 2.